The number of aromatic amines is 1. The summed E-state index contributed by atoms with van der Waals surface area (Å²) in [5, 5.41) is 8.69. The Kier molecular flexibility index (Phi) is 4.47. The Morgan fingerprint density at radius 3 is 2.72 bits per heavy atom. The van der Waals surface area contributed by atoms with E-state index in [0.29, 0.717) is 16.8 Å². The van der Waals surface area contributed by atoms with Gasteiger partial charge in [-0.1, -0.05) is 6.92 Å². The van der Waals surface area contributed by atoms with Crippen LogP contribution < -0.4 is 5.32 Å². The average Bonchev–Trinajstić information content (AvgIpc) is 3.10. The Morgan fingerprint density at radius 2 is 2.06 bits per heavy atom. The van der Waals surface area contributed by atoms with Gasteiger partial charge in [0.05, 0.1) is 23.8 Å². The molecular weight excluding hydrogens is 433 g/mol. The summed E-state index contributed by atoms with van der Waals surface area (Å²) in [4.78, 5) is 16.2. The van der Waals surface area contributed by atoms with Crippen LogP contribution in [0.25, 0.3) is 27.7 Å². The number of carbonyl (C=O) groups is 1. The number of nitrogens with zero attached hydrogens (tertiary/aromatic N) is 3. The first-order valence-corrected chi connectivity index (χ1v) is 9.87. The maximum atomic E-state index is 15.0. The predicted molar refractivity (Wildman–Crippen MR) is 106 cm³/mol. The van der Waals surface area contributed by atoms with E-state index in [4.69, 9.17) is 0 Å². The quantitative estimate of drug-likeness (QED) is 0.436. The molecule has 2 unspecified atom stereocenters. The topological polar surface area (TPSA) is 75.1 Å². The number of rotatable bonds is 4. The maximum absolute atomic E-state index is 15.0. The Labute approximate surface area is 177 Å². The molecule has 1 aliphatic rings. The third-order valence-electron chi connectivity index (χ3n) is 5.62. The van der Waals surface area contributed by atoms with Gasteiger partial charge in [-0.05, 0) is 36.1 Å². The summed E-state index contributed by atoms with van der Waals surface area (Å²) in [6.07, 6.45) is -1.49. The molecular formula is C21H16F5N5O. The summed E-state index contributed by atoms with van der Waals surface area (Å²) in [5.41, 5.74) is -0.681. The first kappa shape index (κ1) is 20.4. The lowest BCUT2D eigenvalue weighted by Crippen LogP contribution is -2.15. The molecule has 1 saturated carbocycles. The molecule has 0 saturated heterocycles. The summed E-state index contributed by atoms with van der Waals surface area (Å²) >= 11 is 0. The van der Waals surface area contributed by atoms with Crippen LogP contribution in [0.2, 0.25) is 0 Å². The van der Waals surface area contributed by atoms with Crippen LogP contribution in [0.15, 0.2) is 30.7 Å². The highest BCUT2D eigenvalue weighted by Crippen LogP contribution is 2.43. The van der Waals surface area contributed by atoms with Gasteiger partial charge in [-0.25, -0.2) is 13.8 Å². The first-order chi connectivity index (χ1) is 15.2. The number of carbonyl (C=O) groups excluding carboxylic acids is 1. The van der Waals surface area contributed by atoms with Crippen molar-refractivity contribution in [2.45, 2.75) is 32.1 Å². The van der Waals surface area contributed by atoms with Crippen LogP contribution in [0.3, 0.4) is 0 Å². The third kappa shape index (κ3) is 3.19. The standard InChI is InChI=1S/C21H16F5N5O/c1-2-10-16(12-6-27-30-19(12)17(18(10)23)21(24,25)26)9-3-4-15-28-14(8-31(15)7-9)29-20(32)11-5-13(11)22/h3-4,6-8,11,13H,2,5H2,1H3,(H,27,30)(H,29,32). The van der Waals surface area contributed by atoms with Crippen molar-refractivity contribution in [3.63, 3.8) is 0 Å². The monoisotopic (exact) mass is 449 g/mol. The first-order valence-electron chi connectivity index (χ1n) is 9.87. The second-order valence-corrected chi connectivity index (χ2v) is 7.71. The fourth-order valence-corrected chi connectivity index (χ4v) is 3.98. The van der Waals surface area contributed by atoms with E-state index in [1.807, 2.05) is 0 Å². The van der Waals surface area contributed by atoms with Crippen molar-refractivity contribution >= 4 is 28.3 Å². The van der Waals surface area contributed by atoms with Crippen molar-refractivity contribution in [3.8, 4) is 11.1 Å². The zero-order valence-electron chi connectivity index (χ0n) is 16.6. The van der Waals surface area contributed by atoms with E-state index in [-0.39, 0.29) is 29.6 Å². The summed E-state index contributed by atoms with van der Waals surface area (Å²) in [5.74, 6) is -2.25. The minimum atomic E-state index is -4.89. The highest BCUT2D eigenvalue weighted by Gasteiger charge is 2.44. The predicted octanol–water partition coefficient (Wildman–Crippen LogP) is 4.89. The van der Waals surface area contributed by atoms with Crippen LogP contribution in [0.4, 0.5) is 27.8 Å². The van der Waals surface area contributed by atoms with E-state index in [1.165, 1.54) is 12.4 Å². The van der Waals surface area contributed by atoms with Gasteiger partial charge in [0.2, 0.25) is 5.91 Å². The van der Waals surface area contributed by atoms with Gasteiger partial charge in [-0.15, -0.1) is 0 Å². The molecule has 1 aliphatic carbocycles. The van der Waals surface area contributed by atoms with Gasteiger partial charge in [0.15, 0.2) is 5.82 Å². The van der Waals surface area contributed by atoms with Crippen LogP contribution in [-0.2, 0) is 17.4 Å². The number of aromatic nitrogens is 4. The third-order valence-corrected chi connectivity index (χ3v) is 5.62. The summed E-state index contributed by atoms with van der Waals surface area (Å²) < 4.78 is 70.3. The molecule has 0 radical (unpaired) electrons. The maximum Gasteiger partial charge on any atom is 0.421 e. The molecule has 1 aromatic carbocycles. The van der Waals surface area contributed by atoms with Crippen LogP contribution in [0.1, 0.15) is 24.5 Å². The van der Waals surface area contributed by atoms with Crippen molar-refractivity contribution in [1.29, 1.82) is 0 Å². The van der Waals surface area contributed by atoms with Crippen molar-refractivity contribution in [1.82, 2.24) is 19.6 Å². The van der Waals surface area contributed by atoms with E-state index in [0.717, 1.165) is 0 Å². The lowest BCUT2D eigenvalue weighted by atomic mass is 9.92. The highest BCUT2D eigenvalue weighted by molar-refractivity contribution is 5.98. The molecule has 4 aromatic rings. The van der Waals surface area contributed by atoms with Crippen molar-refractivity contribution < 1.29 is 26.7 Å². The van der Waals surface area contributed by atoms with Crippen molar-refractivity contribution in [3.05, 3.63) is 47.7 Å². The number of alkyl halides is 4. The lowest BCUT2D eigenvalue weighted by molar-refractivity contribution is -0.138. The number of pyridine rings is 1. The van der Waals surface area contributed by atoms with Gasteiger partial charge >= 0.3 is 6.18 Å². The summed E-state index contributed by atoms with van der Waals surface area (Å²) in [6, 6.07) is 3.21. The van der Waals surface area contributed by atoms with Gasteiger partial charge in [0.25, 0.3) is 0 Å². The highest BCUT2D eigenvalue weighted by atomic mass is 19.4. The molecule has 1 amide bonds. The van der Waals surface area contributed by atoms with Crippen LogP contribution in [0.5, 0.6) is 0 Å². The molecule has 1 fully saturated rings. The molecule has 3 heterocycles. The van der Waals surface area contributed by atoms with Crippen LogP contribution in [-0.4, -0.2) is 31.7 Å². The van der Waals surface area contributed by atoms with E-state index < -0.39 is 41.1 Å². The van der Waals surface area contributed by atoms with E-state index >= 15 is 4.39 Å². The van der Waals surface area contributed by atoms with E-state index in [1.54, 1.807) is 29.7 Å². The zero-order chi connectivity index (χ0) is 22.8. The van der Waals surface area contributed by atoms with Crippen LogP contribution >= 0.6 is 0 Å². The molecule has 32 heavy (non-hydrogen) atoms. The fraction of sp³-hybridized carbons (Fsp3) is 0.286. The Hall–Kier alpha value is -3.50. The average molecular weight is 449 g/mol. The van der Waals surface area contributed by atoms with E-state index in [2.05, 4.69) is 20.5 Å². The summed E-state index contributed by atoms with van der Waals surface area (Å²) in [7, 11) is 0. The molecule has 2 N–H and O–H groups in total. The number of nitrogens with one attached hydrogen (secondary N) is 2. The molecule has 166 valence electrons. The van der Waals surface area contributed by atoms with Crippen LogP contribution in [0, 0.1) is 11.7 Å². The second-order valence-electron chi connectivity index (χ2n) is 7.71. The summed E-state index contributed by atoms with van der Waals surface area (Å²) in [6.45, 7) is 1.58. The molecule has 2 atom stereocenters. The number of H-pyrrole nitrogens is 1. The van der Waals surface area contributed by atoms with Gasteiger partial charge in [0.1, 0.15) is 23.2 Å². The number of anilines is 1. The fourth-order valence-electron chi connectivity index (χ4n) is 3.98. The molecule has 0 spiro atoms. The Bertz CT molecular complexity index is 1370. The molecule has 5 rings (SSSR count). The van der Waals surface area contributed by atoms with Gasteiger partial charge in [0, 0.05) is 17.1 Å². The van der Waals surface area contributed by atoms with Gasteiger partial charge in [-0.2, -0.15) is 18.3 Å². The van der Waals surface area contributed by atoms with Crippen molar-refractivity contribution in [2.24, 2.45) is 5.92 Å². The minimum absolute atomic E-state index is 0.0282. The molecule has 0 aliphatic heterocycles. The molecule has 6 nitrogen and oxygen atoms in total. The normalized spacial score (nSPS) is 18.4. The number of fused-ring (bicyclic) bond motifs is 2. The second kappa shape index (κ2) is 7.01. The number of halogens is 5. The SMILES string of the molecule is CCc1c(F)c(C(F)(F)F)c2[nH]ncc2c1-c1ccc2nc(NC(=O)C3CC3F)cn2c1. The van der Waals surface area contributed by atoms with Gasteiger partial charge < -0.3 is 9.72 Å². The number of imidazole rings is 1. The Morgan fingerprint density at radius 1 is 1.31 bits per heavy atom. The molecule has 0 bridgehead atoms. The number of hydrogen-bond donors (Lipinski definition) is 2. The Balaban J connectivity index is 1.63. The van der Waals surface area contributed by atoms with Gasteiger partial charge in [-0.3, -0.25) is 9.89 Å². The number of hydrogen-bond acceptors (Lipinski definition) is 3. The number of amides is 1. The largest absolute Gasteiger partial charge is 0.421 e. The lowest BCUT2D eigenvalue weighted by Gasteiger charge is -2.17. The van der Waals surface area contributed by atoms with Crippen molar-refractivity contribution in [2.75, 3.05) is 5.32 Å². The number of benzene rings is 1. The molecule has 11 heteroatoms. The zero-order valence-corrected chi connectivity index (χ0v) is 16.6. The van der Waals surface area contributed by atoms with E-state index in [9.17, 15) is 22.4 Å². The minimum Gasteiger partial charge on any atom is -0.309 e. The smallest absolute Gasteiger partial charge is 0.309 e. The molecule has 3 aromatic heterocycles.